The summed E-state index contributed by atoms with van der Waals surface area (Å²) in [6.07, 6.45) is 6.08. The molecule has 2 rings (SSSR count). The Kier molecular flexibility index (Phi) is 7.20. The summed E-state index contributed by atoms with van der Waals surface area (Å²) in [4.78, 5) is 0. The van der Waals surface area contributed by atoms with Crippen LogP contribution in [-0.4, -0.2) is 33.0 Å². The third kappa shape index (κ3) is 5.10. The Bertz CT molecular complexity index is 385. The van der Waals surface area contributed by atoms with Gasteiger partial charge in [-0.05, 0) is 49.8 Å². The van der Waals surface area contributed by atoms with Gasteiger partial charge < -0.3 is 14.8 Å². The first-order valence-corrected chi connectivity index (χ1v) is 8.28. The molecule has 0 saturated carbocycles. The molecule has 2 unspecified atom stereocenters. The van der Waals surface area contributed by atoms with Crippen molar-refractivity contribution in [3.05, 3.63) is 35.4 Å². The van der Waals surface area contributed by atoms with Gasteiger partial charge >= 0.3 is 0 Å². The Hall–Kier alpha value is -0.900. The van der Waals surface area contributed by atoms with Crippen molar-refractivity contribution in [3.8, 4) is 0 Å². The van der Waals surface area contributed by atoms with Crippen LogP contribution in [0.2, 0.25) is 0 Å². The van der Waals surface area contributed by atoms with Gasteiger partial charge in [-0.2, -0.15) is 0 Å². The average molecular weight is 291 g/mol. The van der Waals surface area contributed by atoms with Crippen LogP contribution in [0.25, 0.3) is 0 Å². The average Bonchev–Trinajstić information content (AvgIpc) is 2.55. The Labute approximate surface area is 129 Å². The molecule has 3 heteroatoms. The maximum Gasteiger partial charge on any atom is 0.0769 e. The Balaban J connectivity index is 2.04. The van der Waals surface area contributed by atoms with Crippen LogP contribution in [0.4, 0.5) is 0 Å². The smallest absolute Gasteiger partial charge is 0.0769 e. The molecule has 3 nitrogen and oxygen atoms in total. The number of hydrogen-bond acceptors (Lipinski definition) is 3. The van der Waals surface area contributed by atoms with Crippen LogP contribution in [0.15, 0.2) is 24.3 Å². The molecule has 0 aliphatic carbocycles. The lowest BCUT2D eigenvalue weighted by molar-refractivity contribution is -0.00815. The summed E-state index contributed by atoms with van der Waals surface area (Å²) in [6.45, 7) is 4.93. The molecule has 1 N–H and O–H groups in total. The van der Waals surface area contributed by atoms with Crippen LogP contribution < -0.4 is 5.32 Å². The van der Waals surface area contributed by atoms with Crippen molar-refractivity contribution >= 4 is 0 Å². The molecular formula is C18H29NO2. The summed E-state index contributed by atoms with van der Waals surface area (Å²) in [6, 6.07) is 9.25. The maximum atomic E-state index is 6.00. The van der Waals surface area contributed by atoms with E-state index in [0.717, 1.165) is 39.0 Å². The number of methoxy groups -OCH3 is 1. The normalized spacial score (nSPS) is 20.4. The predicted octanol–water partition coefficient (Wildman–Crippen LogP) is 3.49. The van der Waals surface area contributed by atoms with Gasteiger partial charge in [0.15, 0.2) is 0 Å². The van der Waals surface area contributed by atoms with Gasteiger partial charge in [0, 0.05) is 13.7 Å². The van der Waals surface area contributed by atoms with Gasteiger partial charge in [0.05, 0.1) is 18.8 Å². The van der Waals surface area contributed by atoms with E-state index in [2.05, 4.69) is 36.5 Å². The molecule has 118 valence electrons. The lowest BCUT2D eigenvalue weighted by Gasteiger charge is -2.31. The molecule has 0 aromatic heterocycles. The Morgan fingerprint density at radius 1 is 1.29 bits per heavy atom. The highest BCUT2D eigenvalue weighted by atomic mass is 16.5. The van der Waals surface area contributed by atoms with Gasteiger partial charge in [0.1, 0.15) is 0 Å². The van der Waals surface area contributed by atoms with Crippen LogP contribution >= 0.6 is 0 Å². The van der Waals surface area contributed by atoms with Gasteiger partial charge in [-0.1, -0.05) is 31.2 Å². The fourth-order valence-electron chi connectivity index (χ4n) is 2.90. The first kappa shape index (κ1) is 16.5. The van der Waals surface area contributed by atoms with Crippen molar-refractivity contribution in [2.24, 2.45) is 0 Å². The van der Waals surface area contributed by atoms with Crippen LogP contribution in [0.1, 0.15) is 49.8 Å². The van der Waals surface area contributed by atoms with Crippen LogP contribution in [-0.2, 0) is 15.9 Å². The van der Waals surface area contributed by atoms with E-state index in [1.165, 1.54) is 24.0 Å². The monoisotopic (exact) mass is 291 g/mol. The second-order valence-corrected chi connectivity index (χ2v) is 5.82. The second kappa shape index (κ2) is 9.19. The summed E-state index contributed by atoms with van der Waals surface area (Å²) in [5, 5.41) is 3.67. The van der Waals surface area contributed by atoms with E-state index in [1.807, 2.05) is 0 Å². The zero-order valence-electron chi connectivity index (χ0n) is 13.4. The fourth-order valence-corrected chi connectivity index (χ4v) is 2.90. The summed E-state index contributed by atoms with van der Waals surface area (Å²) in [5.74, 6) is 0. The summed E-state index contributed by atoms with van der Waals surface area (Å²) in [5.41, 5.74) is 2.68. The molecule has 0 radical (unpaired) electrons. The van der Waals surface area contributed by atoms with E-state index in [4.69, 9.17) is 9.47 Å². The number of ether oxygens (including phenoxy) is 2. The highest BCUT2D eigenvalue weighted by molar-refractivity contribution is 5.26. The van der Waals surface area contributed by atoms with Gasteiger partial charge in [-0.25, -0.2) is 0 Å². The summed E-state index contributed by atoms with van der Waals surface area (Å²) in [7, 11) is 1.75. The molecule has 21 heavy (non-hydrogen) atoms. The lowest BCUT2D eigenvalue weighted by Crippen LogP contribution is -2.36. The van der Waals surface area contributed by atoms with E-state index < -0.39 is 0 Å². The zero-order chi connectivity index (χ0) is 14.9. The number of nitrogens with one attached hydrogen (secondary N) is 1. The van der Waals surface area contributed by atoms with E-state index >= 15 is 0 Å². The Morgan fingerprint density at radius 2 is 2.10 bits per heavy atom. The van der Waals surface area contributed by atoms with Crippen molar-refractivity contribution in [1.29, 1.82) is 0 Å². The van der Waals surface area contributed by atoms with Crippen molar-refractivity contribution in [3.63, 3.8) is 0 Å². The van der Waals surface area contributed by atoms with Gasteiger partial charge in [0.2, 0.25) is 0 Å². The van der Waals surface area contributed by atoms with Gasteiger partial charge in [0.25, 0.3) is 0 Å². The molecule has 1 saturated heterocycles. The molecule has 1 aromatic carbocycles. The molecule has 1 heterocycles. The molecule has 1 fully saturated rings. The quantitative estimate of drug-likeness (QED) is 0.795. The number of benzene rings is 1. The zero-order valence-corrected chi connectivity index (χ0v) is 13.4. The molecule has 0 spiro atoms. The third-order valence-corrected chi connectivity index (χ3v) is 4.13. The standard InChI is InChI=1S/C18H29NO2/c1-3-12-19-18(17-6-4-5-13-21-17)16-9-7-15(8-10-16)11-14-20-2/h7-10,17-19H,3-6,11-14H2,1-2H3. The highest BCUT2D eigenvalue weighted by Gasteiger charge is 2.25. The van der Waals surface area contributed by atoms with Crippen LogP contribution in [0, 0.1) is 0 Å². The first-order chi connectivity index (χ1) is 10.3. The highest BCUT2D eigenvalue weighted by Crippen LogP contribution is 2.26. The fraction of sp³-hybridized carbons (Fsp3) is 0.667. The molecule has 1 aliphatic rings. The predicted molar refractivity (Wildman–Crippen MR) is 86.6 cm³/mol. The van der Waals surface area contributed by atoms with Gasteiger partial charge in [-0.3, -0.25) is 0 Å². The third-order valence-electron chi connectivity index (χ3n) is 4.13. The number of hydrogen-bond donors (Lipinski definition) is 1. The van der Waals surface area contributed by atoms with E-state index in [-0.39, 0.29) is 0 Å². The topological polar surface area (TPSA) is 30.5 Å². The minimum atomic E-state index is 0.315. The van der Waals surface area contributed by atoms with Crippen LogP contribution in [0.3, 0.4) is 0 Å². The molecule has 0 bridgehead atoms. The second-order valence-electron chi connectivity index (χ2n) is 5.82. The van der Waals surface area contributed by atoms with E-state index in [0.29, 0.717) is 12.1 Å². The molecule has 1 aliphatic heterocycles. The minimum absolute atomic E-state index is 0.315. The SMILES string of the molecule is CCCNC(c1ccc(CCOC)cc1)C1CCCCO1. The van der Waals surface area contributed by atoms with Crippen molar-refractivity contribution in [1.82, 2.24) is 5.32 Å². The Morgan fingerprint density at radius 3 is 2.71 bits per heavy atom. The maximum absolute atomic E-state index is 6.00. The van der Waals surface area contributed by atoms with E-state index in [1.54, 1.807) is 7.11 Å². The van der Waals surface area contributed by atoms with Gasteiger partial charge in [-0.15, -0.1) is 0 Å². The first-order valence-electron chi connectivity index (χ1n) is 8.28. The summed E-state index contributed by atoms with van der Waals surface area (Å²) >= 11 is 0. The largest absolute Gasteiger partial charge is 0.384 e. The van der Waals surface area contributed by atoms with Crippen molar-refractivity contribution in [2.75, 3.05) is 26.9 Å². The van der Waals surface area contributed by atoms with Crippen molar-refractivity contribution in [2.45, 2.75) is 51.2 Å². The molecule has 0 amide bonds. The minimum Gasteiger partial charge on any atom is -0.384 e. The molecule has 1 aromatic rings. The summed E-state index contributed by atoms with van der Waals surface area (Å²) < 4.78 is 11.1. The van der Waals surface area contributed by atoms with Crippen molar-refractivity contribution < 1.29 is 9.47 Å². The number of rotatable bonds is 8. The lowest BCUT2D eigenvalue weighted by atomic mass is 9.94. The molecule has 2 atom stereocenters. The molecular weight excluding hydrogens is 262 g/mol. The van der Waals surface area contributed by atoms with E-state index in [9.17, 15) is 0 Å². The van der Waals surface area contributed by atoms with Crippen LogP contribution in [0.5, 0.6) is 0 Å².